The Morgan fingerprint density at radius 2 is 1.79 bits per heavy atom. The molecule has 3 N–H and O–H groups in total. The molecule has 0 radical (unpaired) electrons. The average Bonchev–Trinajstić information content (AvgIpc) is 2.63. The van der Waals surface area contributed by atoms with Gasteiger partial charge >= 0.3 is 6.03 Å². The first kappa shape index (κ1) is 22.9. The topological polar surface area (TPSA) is 70.2 Å². The van der Waals surface area contributed by atoms with Crippen molar-refractivity contribution in [3.63, 3.8) is 0 Å². The van der Waals surface area contributed by atoms with Gasteiger partial charge in [-0.15, -0.1) is 0 Å². The molecule has 1 atom stereocenters. The van der Waals surface area contributed by atoms with Crippen LogP contribution in [0, 0.1) is 17.6 Å². The van der Waals surface area contributed by atoms with Crippen molar-refractivity contribution in [1.29, 1.82) is 0 Å². The standard InChI is InChI=1S/C20H21Cl2F2N3O2/c1-11(2)18(27-20(29)26-17-6-5-14(23)10-16(17)24)19(28)25-8-7-12-3-4-13(21)9-15(12)22/h3-6,9-11,18H,7-8H2,1-2H3,(H,25,28)(H2,26,27,29). The number of hydrogen-bond acceptors (Lipinski definition) is 2. The Morgan fingerprint density at radius 1 is 1.07 bits per heavy atom. The van der Waals surface area contributed by atoms with Gasteiger partial charge in [-0.1, -0.05) is 43.1 Å². The largest absolute Gasteiger partial charge is 0.354 e. The van der Waals surface area contributed by atoms with Gasteiger partial charge in [0.25, 0.3) is 0 Å². The zero-order valence-corrected chi connectivity index (χ0v) is 17.4. The molecule has 0 aliphatic heterocycles. The van der Waals surface area contributed by atoms with Crippen LogP contribution in [0.4, 0.5) is 19.3 Å². The van der Waals surface area contributed by atoms with Crippen LogP contribution in [0.25, 0.3) is 0 Å². The van der Waals surface area contributed by atoms with Gasteiger partial charge in [0.1, 0.15) is 17.7 Å². The van der Waals surface area contributed by atoms with Crippen molar-refractivity contribution in [3.05, 3.63) is 63.6 Å². The van der Waals surface area contributed by atoms with Crippen LogP contribution in [0.3, 0.4) is 0 Å². The molecule has 0 saturated carbocycles. The van der Waals surface area contributed by atoms with E-state index in [4.69, 9.17) is 23.2 Å². The lowest BCUT2D eigenvalue weighted by Crippen LogP contribution is -2.51. The van der Waals surface area contributed by atoms with Gasteiger partial charge in [-0.05, 0) is 42.2 Å². The Kier molecular flexibility index (Phi) is 8.22. The second-order valence-electron chi connectivity index (χ2n) is 6.72. The Morgan fingerprint density at radius 3 is 2.41 bits per heavy atom. The fraction of sp³-hybridized carbons (Fsp3) is 0.300. The maximum Gasteiger partial charge on any atom is 0.319 e. The predicted molar refractivity (Wildman–Crippen MR) is 110 cm³/mol. The molecule has 2 aromatic rings. The van der Waals surface area contributed by atoms with Gasteiger partial charge < -0.3 is 16.0 Å². The van der Waals surface area contributed by atoms with E-state index in [2.05, 4.69) is 16.0 Å². The summed E-state index contributed by atoms with van der Waals surface area (Å²) in [6.45, 7) is 3.83. The van der Waals surface area contributed by atoms with E-state index in [1.54, 1.807) is 32.0 Å². The molecule has 0 bridgehead atoms. The molecule has 9 heteroatoms. The molecule has 3 amide bonds. The Labute approximate surface area is 177 Å². The molecule has 0 saturated heterocycles. The van der Waals surface area contributed by atoms with E-state index in [9.17, 15) is 18.4 Å². The molecule has 2 rings (SSSR count). The summed E-state index contributed by atoms with van der Waals surface area (Å²) in [6.07, 6.45) is 0.486. The molecule has 29 heavy (non-hydrogen) atoms. The molecule has 2 aromatic carbocycles. The summed E-state index contributed by atoms with van der Waals surface area (Å²) < 4.78 is 26.6. The summed E-state index contributed by atoms with van der Waals surface area (Å²) in [5.41, 5.74) is 0.638. The van der Waals surface area contributed by atoms with Crippen LogP contribution in [-0.2, 0) is 11.2 Å². The van der Waals surface area contributed by atoms with E-state index >= 15 is 0 Å². The molecular weight excluding hydrogens is 423 g/mol. The minimum Gasteiger partial charge on any atom is -0.354 e. The minimum atomic E-state index is -0.912. The number of amides is 3. The molecule has 0 aromatic heterocycles. The van der Waals surface area contributed by atoms with E-state index in [-0.39, 0.29) is 17.5 Å². The van der Waals surface area contributed by atoms with Crippen molar-refractivity contribution in [2.24, 2.45) is 5.92 Å². The van der Waals surface area contributed by atoms with Crippen LogP contribution >= 0.6 is 23.2 Å². The van der Waals surface area contributed by atoms with Crippen molar-refractivity contribution in [2.75, 3.05) is 11.9 Å². The van der Waals surface area contributed by atoms with Crippen LogP contribution in [0.15, 0.2) is 36.4 Å². The first-order chi connectivity index (χ1) is 13.7. The Hall–Kier alpha value is -2.38. The Balaban J connectivity index is 1.92. The maximum atomic E-state index is 13.7. The number of nitrogens with one attached hydrogen (secondary N) is 3. The van der Waals surface area contributed by atoms with Crippen molar-refractivity contribution in [3.8, 4) is 0 Å². The predicted octanol–water partition coefficient (Wildman–Crippen LogP) is 4.78. The molecule has 156 valence electrons. The zero-order chi connectivity index (χ0) is 21.6. The summed E-state index contributed by atoms with van der Waals surface area (Å²) in [5.74, 6) is -2.28. The second-order valence-corrected chi connectivity index (χ2v) is 7.56. The van der Waals surface area contributed by atoms with Gasteiger partial charge in [0, 0.05) is 22.7 Å². The molecule has 0 aliphatic carbocycles. The molecule has 0 aliphatic rings. The number of carbonyl (C=O) groups excluding carboxylic acids is 2. The van der Waals surface area contributed by atoms with Crippen molar-refractivity contribution in [1.82, 2.24) is 10.6 Å². The number of halogens is 4. The first-order valence-electron chi connectivity index (χ1n) is 8.91. The number of anilines is 1. The highest BCUT2D eigenvalue weighted by Crippen LogP contribution is 2.21. The van der Waals surface area contributed by atoms with Crippen LogP contribution < -0.4 is 16.0 Å². The number of hydrogen-bond donors (Lipinski definition) is 3. The van der Waals surface area contributed by atoms with Crippen molar-refractivity contribution >= 4 is 40.8 Å². The molecular formula is C20H21Cl2F2N3O2. The fourth-order valence-electron chi connectivity index (χ4n) is 2.58. The number of urea groups is 1. The van der Waals surface area contributed by atoms with Gasteiger partial charge in [-0.3, -0.25) is 4.79 Å². The number of carbonyl (C=O) groups is 2. The molecule has 0 heterocycles. The van der Waals surface area contributed by atoms with Crippen molar-refractivity contribution in [2.45, 2.75) is 26.3 Å². The van der Waals surface area contributed by atoms with Crippen LogP contribution in [0.5, 0.6) is 0 Å². The number of rotatable bonds is 7. The monoisotopic (exact) mass is 443 g/mol. The average molecular weight is 444 g/mol. The third kappa shape index (κ3) is 6.87. The third-order valence-electron chi connectivity index (χ3n) is 4.12. The number of benzene rings is 2. The van der Waals surface area contributed by atoms with Gasteiger partial charge in [0.15, 0.2) is 0 Å². The van der Waals surface area contributed by atoms with Crippen LogP contribution in [0.1, 0.15) is 19.4 Å². The minimum absolute atomic E-state index is 0.191. The van der Waals surface area contributed by atoms with E-state index in [1.807, 2.05) is 0 Å². The molecule has 0 spiro atoms. The molecule has 0 fully saturated rings. The summed E-state index contributed by atoms with van der Waals surface area (Å²) in [7, 11) is 0. The molecule has 5 nitrogen and oxygen atoms in total. The van der Waals surface area contributed by atoms with E-state index < -0.39 is 23.7 Å². The lowest BCUT2D eigenvalue weighted by atomic mass is 10.0. The summed E-state index contributed by atoms with van der Waals surface area (Å²) >= 11 is 12.0. The van der Waals surface area contributed by atoms with E-state index in [0.717, 1.165) is 17.7 Å². The highest BCUT2D eigenvalue weighted by molar-refractivity contribution is 6.35. The highest BCUT2D eigenvalue weighted by Gasteiger charge is 2.24. The lowest BCUT2D eigenvalue weighted by molar-refractivity contribution is -0.123. The van der Waals surface area contributed by atoms with Gasteiger partial charge in [-0.2, -0.15) is 0 Å². The van der Waals surface area contributed by atoms with Crippen molar-refractivity contribution < 1.29 is 18.4 Å². The summed E-state index contributed by atoms with van der Waals surface area (Å²) in [5, 5.41) is 8.55. The van der Waals surface area contributed by atoms with Gasteiger partial charge in [-0.25, -0.2) is 13.6 Å². The van der Waals surface area contributed by atoms with Gasteiger partial charge in [0.2, 0.25) is 5.91 Å². The van der Waals surface area contributed by atoms with E-state index in [0.29, 0.717) is 29.1 Å². The lowest BCUT2D eigenvalue weighted by Gasteiger charge is -2.22. The third-order valence-corrected chi connectivity index (χ3v) is 4.71. The second kappa shape index (κ2) is 10.4. The zero-order valence-electron chi connectivity index (χ0n) is 15.9. The van der Waals surface area contributed by atoms with Gasteiger partial charge in [0.05, 0.1) is 5.69 Å². The smallest absolute Gasteiger partial charge is 0.319 e. The van der Waals surface area contributed by atoms with E-state index in [1.165, 1.54) is 0 Å². The molecule has 1 unspecified atom stereocenters. The summed E-state index contributed by atoms with van der Waals surface area (Å²) in [4.78, 5) is 24.6. The SMILES string of the molecule is CC(C)C(NC(=O)Nc1ccc(F)cc1F)C(=O)NCCc1ccc(Cl)cc1Cl. The van der Waals surface area contributed by atoms with Crippen LogP contribution in [0.2, 0.25) is 10.0 Å². The quantitative estimate of drug-likeness (QED) is 0.576. The first-order valence-corrected chi connectivity index (χ1v) is 9.67. The highest BCUT2D eigenvalue weighted by atomic mass is 35.5. The summed E-state index contributed by atoms with van der Waals surface area (Å²) in [6, 6.07) is 6.27. The Bertz CT molecular complexity index is 894. The normalized spacial score (nSPS) is 11.8. The fourth-order valence-corrected chi connectivity index (χ4v) is 3.08. The van der Waals surface area contributed by atoms with Crippen LogP contribution in [-0.4, -0.2) is 24.5 Å². The maximum absolute atomic E-state index is 13.7.